The highest BCUT2D eigenvalue weighted by Gasteiger charge is 2.14. The fourth-order valence-electron chi connectivity index (χ4n) is 2.65. The van der Waals surface area contributed by atoms with Crippen LogP contribution < -0.4 is 10.1 Å². The third-order valence-corrected chi connectivity index (χ3v) is 5.13. The summed E-state index contributed by atoms with van der Waals surface area (Å²) in [4.78, 5) is 11.4. The SMILES string of the molecule is CCN(CC)CCNc1nc(SC)nc(Cl)c1Cc1ccc(OC)cc1. The van der Waals surface area contributed by atoms with Crippen molar-refractivity contribution in [2.24, 2.45) is 0 Å². The Kier molecular flexibility index (Phi) is 8.48. The summed E-state index contributed by atoms with van der Waals surface area (Å²) in [7, 11) is 1.67. The lowest BCUT2D eigenvalue weighted by molar-refractivity contribution is 0.316. The molecule has 2 aromatic rings. The minimum atomic E-state index is 0.505. The molecule has 0 atom stereocenters. The lowest BCUT2D eigenvalue weighted by Gasteiger charge is -2.19. The molecule has 0 fully saturated rings. The van der Waals surface area contributed by atoms with Gasteiger partial charge in [0.15, 0.2) is 5.16 Å². The van der Waals surface area contributed by atoms with Crippen molar-refractivity contribution in [1.29, 1.82) is 0 Å². The average molecular weight is 395 g/mol. The third-order valence-electron chi connectivity index (χ3n) is 4.27. The number of nitrogens with one attached hydrogen (secondary N) is 1. The molecule has 0 aliphatic heterocycles. The van der Waals surface area contributed by atoms with Crippen molar-refractivity contribution in [3.63, 3.8) is 0 Å². The van der Waals surface area contributed by atoms with Gasteiger partial charge >= 0.3 is 0 Å². The summed E-state index contributed by atoms with van der Waals surface area (Å²) in [6, 6.07) is 7.98. The van der Waals surface area contributed by atoms with E-state index in [1.807, 2.05) is 30.5 Å². The number of halogens is 1. The number of likely N-dealkylation sites (N-methyl/N-ethyl adjacent to an activating group) is 1. The minimum Gasteiger partial charge on any atom is -0.497 e. The monoisotopic (exact) mass is 394 g/mol. The molecule has 1 N–H and O–H groups in total. The first-order chi connectivity index (χ1) is 12.6. The van der Waals surface area contributed by atoms with Gasteiger partial charge < -0.3 is 15.0 Å². The van der Waals surface area contributed by atoms with E-state index in [1.54, 1.807) is 7.11 Å². The van der Waals surface area contributed by atoms with Crippen LogP contribution >= 0.6 is 23.4 Å². The molecule has 7 heteroatoms. The van der Waals surface area contributed by atoms with E-state index in [9.17, 15) is 0 Å². The van der Waals surface area contributed by atoms with Crippen molar-refractivity contribution in [3.8, 4) is 5.75 Å². The molecule has 0 spiro atoms. The van der Waals surface area contributed by atoms with E-state index in [0.29, 0.717) is 16.7 Å². The summed E-state index contributed by atoms with van der Waals surface area (Å²) in [6.07, 6.45) is 2.62. The van der Waals surface area contributed by atoms with Gasteiger partial charge in [0.05, 0.1) is 7.11 Å². The molecule has 0 bridgehead atoms. The molecule has 5 nitrogen and oxygen atoms in total. The van der Waals surface area contributed by atoms with Gasteiger partial charge in [-0.1, -0.05) is 49.3 Å². The van der Waals surface area contributed by atoms with Crippen molar-refractivity contribution >= 4 is 29.2 Å². The molecule has 0 amide bonds. The normalized spacial score (nSPS) is 11.0. The summed E-state index contributed by atoms with van der Waals surface area (Å²) in [5.41, 5.74) is 2.06. The molecule has 1 heterocycles. The second-order valence-electron chi connectivity index (χ2n) is 5.81. The molecule has 26 heavy (non-hydrogen) atoms. The molecule has 1 aromatic carbocycles. The van der Waals surface area contributed by atoms with Gasteiger partial charge in [-0.15, -0.1) is 0 Å². The predicted octanol–water partition coefficient (Wildman–Crippen LogP) is 4.21. The molecule has 142 valence electrons. The number of anilines is 1. The summed E-state index contributed by atoms with van der Waals surface area (Å²) < 4.78 is 5.22. The number of benzene rings is 1. The van der Waals surface area contributed by atoms with Crippen molar-refractivity contribution in [1.82, 2.24) is 14.9 Å². The van der Waals surface area contributed by atoms with Crippen LogP contribution in [0.3, 0.4) is 0 Å². The molecule has 0 aliphatic rings. The van der Waals surface area contributed by atoms with E-state index >= 15 is 0 Å². The van der Waals surface area contributed by atoms with Crippen LogP contribution in [0.15, 0.2) is 29.4 Å². The van der Waals surface area contributed by atoms with Gasteiger partial charge in [-0.3, -0.25) is 0 Å². The topological polar surface area (TPSA) is 50.3 Å². The summed E-state index contributed by atoms with van der Waals surface area (Å²) >= 11 is 7.97. The van der Waals surface area contributed by atoms with E-state index in [4.69, 9.17) is 16.3 Å². The van der Waals surface area contributed by atoms with E-state index in [-0.39, 0.29) is 0 Å². The number of hydrogen-bond donors (Lipinski definition) is 1. The van der Waals surface area contributed by atoms with E-state index in [0.717, 1.165) is 48.9 Å². The largest absolute Gasteiger partial charge is 0.497 e. The van der Waals surface area contributed by atoms with Crippen molar-refractivity contribution < 1.29 is 4.74 Å². The fourth-order valence-corrected chi connectivity index (χ4v) is 3.30. The highest BCUT2D eigenvalue weighted by molar-refractivity contribution is 7.98. The smallest absolute Gasteiger partial charge is 0.190 e. The van der Waals surface area contributed by atoms with Gasteiger partial charge in [-0.2, -0.15) is 0 Å². The Morgan fingerprint density at radius 2 is 1.85 bits per heavy atom. The van der Waals surface area contributed by atoms with Crippen LogP contribution in [0.5, 0.6) is 5.75 Å². The van der Waals surface area contributed by atoms with Crippen molar-refractivity contribution in [3.05, 3.63) is 40.5 Å². The molecule has 2 rings (SSSR count). The van der Waals surface area contributed by atoms with Gasteiger partial charge in [-0.25, -0.2) is 9.97 Å². The fraction of sp³-hybridized carbons (Fsp3) is 0.474. The van der Waals surface area contributed by atoms with Gasteiger partial charge in [0.25, 0.3) is 0 Å². The minimum absolute atomic E-state index is 0.505. The van der Waals surface area contributed by atoms with Gasteiger partial charge in [0.2, 0.25) is 0 Å². The first-order valence-electron chi connectivity index (χ1n) is 8.80. The first-order valence-corrected chi connectivity index (χ1v) is 10.4. The highest BCUT2D eigenvalue weighted by Crippen LogP contribution is 2.27. The number of methoxy groups -OCH3 is 1. The first kappa shape index (κ1) is 20.8. The zero-order valence-corrected chi connectivity index (χ0v) is 17.5. The Labute approximate surface area is 165 Å². The molecular formula is C19H27ClN4OS. The Bertz CT molecular complexity index is 693. The third kappa shape index (κ3) is 5.76. The van der Waals surface area contributed by atoms with Crippen LogP contribution in [0.2, 0.25) is 5.15 Å². The standard InChI is InChI=1S/C19H27ClN4OS/c1-5-24(6-2)12-11-21-18-16(17(20)22-19(23-18)26-4)13-14-7-9-15(25-3)10-8-14/h7-10H,5-6,11-13H2,1-4H3,(H,21,22,23). The van der Waals surface area contributed by atoms with Crippen molar-refractivity contribution in [2.75, 3.05) is 44.9 Å². The molecular weight excluding hydrogens is 368 g/mol. The highest BCUT2D eigenvalue weighted by atomic mass is 35.5. The Morgan fingerprint density at radius 1 is 1.15 bits per heavy atom. The summed E-state index contributed by atoms with van der Waals surface area (Å²) in [5.74, 6) is 1.66. The number of nitrogens with zero attached hydrogens (tertiary/aromatic N) is 3. The Balaban J connectivity index is 2.19. The summed E-state index contributed by atoms with van der Waals surface area (Å²) in [6.45, 7) is 8.20. The maximum atomic E-state index is 6.48. The zero-order chi connectivity index (χ0) is 18.9. The Hall–Kier alpha value is -1.50. The number of hydrogen-bond acceptors (Lipinski definition) is 6. The quantitative estimate of drug-likeness (QED) is 0.370. The summed E-state index contributed by atoms with van der Waals surface area (Å²) in [5, 5.41) is 4.64. The van der Waals surface area contributed by atoms with Gasteiger partial charge in [-0.05, 0) is 37.0 Å². The van der Waals surface area contributed by atoms with E-state index < -0.39 is 0 Å². The molecule has 0 saturated heterocycles. The van der Waals surface area contributed by atoms with Crippen LogP contribution in [0.4, 0.5) is 5.82 Å². The maximum absolute atomic E-state index is 6.48. The molecule has 0 radical (unpaired) electrons. The number of ether oxygens (including phenoxy) is 1. The molecule has 0 aliphatic carbocycles. The predicted molar refractivity (Wildman–Crippen MR) is 111 cm³/mol. The van der Waals surface area contributed by atoms with Crippen LogP contribution in [0.1, 0.15) is 25.0 Å². The van der Waals surface area contributed by atoms with Crippen molar-refractivity contribution in [2.45, 2.75) is 25.4 Å². The lowest BCUT2D eigenvalue weighted by atomic mass is 10.1. The number of rotatable bonds is 10. The van der Waals surface area contributed by atoms with Crippen LogP contribution in [0.25, 0.3) is 0 Å². The average Bonchev–Trinajstić information content (AvgIpc) is 2.67. The Morgan fingerprint density at radius 3 is 2.42 bits per heavy atom. The number of aromatic nitrogens is 2. The van der Waals surface area contributed by atoms with Crippen LogP contribution in [-0.4, -0.2) is 54.4 Å². The van der Waals surface area contributed by atoms with E-state index in [1.165, 1.54) is 11.8 Å². The van der Waals surface area contributed by atoms with Gasteiger partial charge in [0, 0.05) is 25.1 Å². The number of thioether (sulfide) groups is 1. The van der Waals surface area contributed by atoms with E-state index in [2.05, 4.69) is 34.0 Å². The molecule has 0 saturated carbocycles. The second kappa shape index (κ2) is 10.6. The molecule has 1 aromatic heterocycles. The van der Waals surface area contributed by atoms with Crippen LogP contribution in [-0.2, 0) is 6.42 Å². The van der Waals surface area contributed by atoms with Gasteiger partial charge in [0.1, 0.15) is 16.7 Å². The molecule has 0 unspecified atom stereocenters. The van der Waals surface area contributed by atoms with Crippen LogP contribution in [0, 0.1) is 0 Å². The lowest BCUT2D eigenvalue weighted by Crippen LogP contribution is -2.29. The maximum Gasteiger partial charge on any atom is 0.190 e. The second-order valence-corrected chi connectivity index (χ2v) is 6.94. The zero-order valence-electron chi connectivity index (χ0n) is 15.9.